The van der Waals surface area contributed by atoms with E-state index in [-0.39, 0.29) is 5.91 Å². The number of nitrogens with zero attached hydrogens (tertiary/aromatic N) is 3. The van der Waals surface area contributed by atoms with E-state index in [2.05, 4.69) is 31.3 Å². The lowest BCUT2D eigenvalue weighted by Crippen LogP contribution is -2.15. The van der Waals surface area contributed by atoms with Gasteiger partial charge in [0.05, 0.1) is 28.6 Å². The normalized spacial score (nSPS) is 10.9. The Balaban J connectivity index is 1.71. The summed E-state index contributed by atoms with van der Waals surface area (Å²) in [6.07, 6.45) is 0. The lowest BCUT2D eigenvalue weighted by atomic mass is 10.2. The summed E-state index contributed by atoms with van der Waals surface area (Å²) >= 11 is 4.89. The van der Waals surface area contributed by atoms with Crippen molar-refractivity contribution >= 4 is 49.2 Å². The molecule has 0 bridgehead atoms. The summed E-state index contributed by atoms with van der Waals surface area (Å²) in [4.78, 5) is 17.3. The van der Waals surface area contributed by atoms with Gasteiger partial charge in [-0.15, -0.1) is 0 Å². The molecule has 0 saturated carbocycles. The van der Waals surface area contributed by atoms with Crippen LogP contribution in [0.1, 0.15) is 16.1 Å². The highest BCUT2D eigenvalue weighted by Crippen LogP contribution is 2.30. The van der Waals surface area contributed by atoms with Gasteiger partial charge >= 0.3 is 0 Å². The van der Waals surface area contributed by atoms with Gasteiger partial charge in [0.25, 0.3) is 5.91 Å². The minimum Gasteiger partial charge on any atom is -0.497 e. The van der Waals surface area contributed by atoms with Gasteiger partial charge < -0.3 is 10.1 Å². The molecule has 8 heteroatoms. The Hall–Kier alpha value is -2.71. The van der Waals surface area contributed by atoms with Crippen LogP contribution in [0.5, 0.6) is 5.75 Å². The number of amides is 1. The molecular weight excluding hydrogens is 428 g/mol. The molecule has 0 aliphatic heterocycles. The average molecular weight is 443 g/mol. The zero-order valence-corrected chi connectivity index (χ0v) is 17.0. The zero-order valence-electron chi connectivity index (χ0n) is 14.6. The van der Waals surface area contributed by atoms with Gasteiger partial charge in [0.1, 0.15) is 11.6 Å². The van der Waals surface area contributed by atoms with Crippen molar-refractivity contribution in [2.75, 3.05) is 12.4 Å². The van der Waals surface area contributed by atoms with Crippen molar-refractivity contribution in [2.24, 2.45) is 0 Å². The lowest BCUT2D eigenvalue weighted by molar-refractivity contribution is 0.102. The molecule has 2 heterocycles. The minimum absolute atomic E-state index is 0.216. The Morgan fingerprint density at radius 2 is 2.04 bits per heavy atom. The summed E-state index contributed by atoms with van der Waals surface area (Å²) in [5.41, 5.74) is 2.19. The summed E-state index contributed by atoms with van der Waals surface area (Å²) in [6, 6.07) is 14.8. The highest BCUT2D eigenvalue weighted by molar-refractivity contribution is 9.10. The number of hydrogen-bond acceptors (Lipinski definition) is 5. The van der Waals surface area contributed by atoms with Gasteiger partial charge in [-0.3, -0.25) is 4.79 Å². The van der Waals surface area contributed by atoms with Gasteiger partial charge in [-0.05, 0) is 53.2 Å². The van der Waals surface area contributed by atoms with Crippen molar-refractivity contribution < 1.29 is 9.53 Å². The maximum Gasteiger partial charge on any atom is 0.257 e. The van der Waals surface area contributed by atoms with Crippen molar-refractivity contribution in [1.29, 1.82) is 0 Å². The monoisotopic (exact) mass is 442 g/mol. The number of thiazole rings is 1. The van der Waals surface area contributed by atoms with Crippen LogP contribution in [0.4, 0.5) is 5.82 Å². The second-order valence-corrected chi connectivity index (χ2v) is 7.71. The highest BCUT2D eigenvalue weighted by atomic mass is 79.9. The second kappa shape index (κ2) is 7.13. The lowest BCUT2D eigenvalue weighted by Gasteiger charge is -2.07. The first-order chi connectivity index (χ1) is 13.0. The molecule has 0 spiro atoms. The molecule has 0 saturated heterocycles. The van der Waals surface area contributed by atoms with Crippen LogP contribution in [-0.4, -0.2) is 27.8 Å². The van der Waals surface area contributed by atoms with E-state index in [4.69, 9.17) is 4.74 Å². The van der Waals surface area contributed by atoms with Crippen LogP contribution in [0.2, 0.25) is 0 Å². The molecule has 6 nitrogen and oxygen atoms in total. The first-order valence-electron chi connectivity index (χ1n) is 8.12. The fourth-order valence-electron chi connectivity index (χ4n) is 2.67. The zero-order chi connectivity index (χ0) is 19.0. The van der Waals surface area contributed by atoms with Crippen molar-refractivity contribution in [1.82, 2.24) is 14.8 Å². The predicted octanol–water partition coefficient (Wildman–Crippen LogP) is 4.81. The van der Waals surface area contributed by atoms with Gasteiger partial charge in [-0.1, -0.05) is 23.5 Å². The van der Waals surface area contributed by atoms with E-state index in [1.165, 1.54) is 11.3 Å². The molecule has 0 aliphatic carbocycles. The summed E-state index contributed by atoms with van der Waals surface area (Å²) in [5.74, 6) is 1.13. The number of hydrogen-bond donors (Lipinski definition) is 1. The van der Waals surface area contributed by atoms with E-state index in [1.807, 2.05) is 49.4 Å². The number of fused-ring (bicyclic) bond motifs is 1. The minimum atomic E-state index is -0.216. The van der Waals surface area contributed by atoms with Crippen molar-refractivity contribution in [2.45, 2.75) is 6.92 Å². The first-order valence-corrected chi connectivity index (χ1v) is 9.73. The standard InChI is InChI=1S/C19H15BrN4O2S/c1-11-9-17(22-18(25)13-5-3-4-6-14(13)20)24(23-11)19-21-15-8-7-12(26-2)10-16(15)27-19/h3-10H,1-2H3,(H,22,25). The molecule has 4 aromatic rings. The van der Waals surface area contributed by atoms with Crippen molar-refractivity contribution in [3.63, 3.8) is 0 Å². The van der Waals surface area contributed by atoms with Crippen LogP contribution < -0.4 is 10.1 Å². The van der Waals surface area contributed by atoms with E-state index < -0.39 is 0 Å². The molecular formula is C19H15BrN4O2S. The van der Waals surface area contributed by atoms with E-state index >= 15 is 0 Å². The van der Waals surface area contributed by atoms with Crippen LogP contribution in [0.15, 0.2) is 53.0 Å². The number of carbonyl (C=O) groups is 1. The topological polar surface area (TPSA) is 69.0 Å². The number of ether oxygens (including phenoxy) is 1. The Labute approximate surface area is 167 Å². The summed E-state index contributed by atoms with van der Waals surface area (Å²) < 4.78 is 8.65. The average Bonchev–Trinajstić information content (AvgIpc) is 3.24. The molecule has 136 valence electrons. The summed E-state index contributed by atoms with van der Waals surface area (Å²) in [7, 11) is 1.63. The Morgan fingerprint density at radius 3 is 2.81 bits per heavy atom. The summed E-state index contributed by atoms with van der Waals surface area (Å²) in [6.45, 7) is 1.88. The molecule has 0 atom stereocenters. The van der Waals surface area contributed by atoms with Gasteiger partial charge in [0, 0.05) is 10.5 Å². The number of aryl methyl sites for hydroxylation is 1. The smallest absolute Gasteiger partial charge is 0.257 e. The first kappa shape index (κ1) is 17.7. The number of carbonyl (C=O) groups excluding carboxylic acids is 1. The number of benzene rings is 2. The number of rotatable bonds is 4. The van der Waals surface area contributed by atoms with Gasteiger partial charge in [-0.2, -0.15) is 9.78 Å². The largest absolute Gasteiger partial charge is 0.497 e. The highest BCUT2D eigenvalue weighted by Gasteiger charge is 2.16. The summed E-state index contributed by atoms with van der Waals surface area (Å²) in [5, 5.41) is 8.10. The third kappa shape index (κ3) is 3.45. The van der Waals surface area contributed by atoms with Crippen LogP contribution in [-0.2, 0) is 0 Å². The van der Waals surface area contributed by atoms with Crippen LogP contribution in [0, 0.1) is 6.92 Å². The molecule has 1 N–H and O–H groups in total. The molecule has 27 heavy (non-hydrogen) atoms. The quantitative estimate of drug-likeness (QED) is 0.492. The SMILES string of the molecule is COc1ccc2nc(-n3nc(C)cc3NC(=O)c3ccccc3Br)sc2c1. The van der Waals surface area contributed by atoms with Gasteiger partial charge in [0.2, 0.25) is 5.13 Å². The molecule has 0 radical (unpaired) electrons. The molecule has 0 unspecified atom stereocenters. The van der Waals surface area contributed by atoms with Gasteiger partial charge in [0.15, 0.2) is 0 Å². The number of anilines is 1. The second-order valence-electron chi connectivity index (χ2n) is 5.85. The number of aromatic nitrogens is 3. The third-order valence-electron chi connectivity index (χ3n) is 3.96. The fourth-order valence-corrected chi connectivity index (χ4v) is 4.10. The van der Waals surface area contributed by atoms with Crippen LogP contribution >= 0.6 is 27.3 Å². The maximum absolute atomic E-state index is 12.7. The van der Waals surface area contributed by atoms with E-state index in [0.717, 1.165) is 26.1 Å². The van der Waals surface area contributed by atoms with E-state index in [9.17, 15) is 4.79 Å². The molecule has 0 fully saturated rings. The number of halogens is 1. The molecule has 2 aromatic heterocycles. The Bertz CT molecular complexity index is 1150. The maximum atomic E-state index is 12.7. The Morgan fingerprint density at radius 1 is 1.22 bits per heavy atom. The molecule has 2 aromatic carbocycles. The third-order valence-corrected chi connectivity index (χ3v) is 5.64. The van der Waals surface area contributed by atoms with Crippen molar-refractivity contribution in [3.8, 4) is 10.9 Å². The fraction of sp³-hybridized carbons (Fsp3) is 0.105. The number of methoxy groups -OCH3 is 1. The molecule has 4 rings (SSSR count). The molecule has 0 aliphatic rings. The van der Waals surface area contributed by atoms with E-state index in [1.54, 1.807) is 17.9 Å². The molecule has 1 amide bonds. The number of nitrogens with one attached hydrogen (secondary N) is 1. The Kier molecular flexibility index (Phi) is 4.67. The van der Waals surface area contributed by atoms with E-state index in [0.29, 0.717) is 16.5 Å². The predicted molar refractivity (Wildman–Crippen MR) is 110 cm³/mol. The van der Waals surface area contributed by atoms with Gasteiger partial charge in [-0.25, -0.2) is 4.98 Å². The van der Waals surface area contributed by atoms with Crippen LogP contribution in [0.25, 0.3) is 15.3 Å². The van der Waals surface area contributed by atoms with Crippen molar-refractivity contribution in [3.05, 3.63) is 64.3 Å². The van der Waals surface area contributed by atoms with Crippen LogP contribution in [0.3, 0.4) is 0 Å².